The summed E-state index contributed by atoms with van der Waals surface area (Å²) in [5, 5.41) is 11.8. The van der Waals surface area contributed by atoms with E-state index in [0.717, 1.165) is 6.07 Å². The number of benzene rings is 3. The number of hydrogen-bond acceptors (Lipinski definition) is 5. The molecule has 0 bridgehead atoms. The van der Waals surface area contributed by atoms with Crippen LogP contribution in [-0.4, -0.2) is 17.8 Å². The zero-order valence-corrected chi connectivity index (χ0v) is 21.4. The Hall–Kier alpha value is -3.44. The van der Waals surface area contributed by atoms with Crippen molar-refractivity contribution in [3.05, 3.63) is 75.8 Å². The number of alkyl halides is 3. The van der Waals surface area contributed by atoms with Crippen molar-refractivity contribution in [1.82, 2.24) is 0 Å². The summed E-state index contributed by atoms with van der Waals surface area (Å²) in [6, 6.07) is 7.96. The Balaban J connectivity index is 0.00000336. The van der Waals surface area contributed by atoms with Gasteiger partial charge in [0, 0.05) is 17.7 Å². The first-order valence-corrected chi connectivity index (χ1v) is 11.5. The van der Waals surface area contributed by atoms with E-state index in [4.69, 9.17) is 16.3 Å². The van der Waals surface area contributed by atoms with Gasteiger partial charge in [0.15, 0.2) is 6.29 Å². The summed E-state index contributed by atoms with van der Waals surface area (Å²) in [6.45, 7) is 3.65. The molecule has 2 aliphatic heterocycles. The normalized spacial score (nSPS) is 16.8. The van der Waals surface area contributed by atoms with E-state index >= 15 is 0 Å². The van der Waals surface area contributed by atoms with Crippen molar-refractivity contribution in [2.24, 2.45) is 0 Å². The monoisotopic (exact) mass is 574 g/mol. The molecule has 2 heterocycles. The number of amides is 1. The standard InChI is InChI=1S/C25H20ClF5N4O2.ClH/c1-24(2)10-13-19-18(33-23(34-19)35-20-15(26)4-3-5-17(20)28)9-12(21(13)37-24)22(36)32-11-6-7-16(27)14(8-11)25(29,30)31;/h3-9,23,33-35H,10H2,1-2H3,(H,32,36);1H. The van der Waals surface area contributed by atoms with Crippen LogP contribution in [0.5, 0.6) is 5.75 Å². The molecule has 6 nitrogen and oxygen atoms in total. The number of carbonyl (C=O) groups is 1. The Morgan fingerprint density at radius 1 is 1.11 bits per heavy atom. The summed E-state index contributed by atoms with van der Waals surface area (Å²) in [5.41, 5.74) is -0.472. The third kappa shape index (κ3) is 5.12. The molecule has 1 atom stereocenters. The number of para-hydroxylation sites is 1. The molecule has 3 aromatic rings. The molecule has 1 amide bonds. The highest BCUT2D eigenvalue weighted by Crippen LogP contribution is 2.48. The molecule has 0 fully saturated rings. The van der Waals surface area contributed by atoms with Gasteiger partial charge in [-0.25, -0.2) is 8.78 Å². The number of nitrogens with one attached hydrogen (secondary N) is 4. The van der Waals surface area contributed by atoms with Gasteiger partial charge in [-0.2, -0.15) is 13.2 Å². The lowest BCUT2D eigenvalue weighted by Gasteiger charge is -2.18. The highest BCUT2D eigenvalue weighted by molar-refractivity contribution is 6.33. The predicted molar refractivity (Wildman–Crippen MR) is 138 cm³/mol. The van der Waals surface area contributed by atoms with Crippen LogP contribution >= 0.6 is 24.0 Å². The Kier molecular flexibility index (Phi) is 7.04. The average molecular weight is 575 g/mol. The zero-order valence-electron chi connectivity index (χ0n) is 19.8. The van der Waals surface area contributed by atoms with Crippen LogP contribution in [0.3, 0.4) is 0 Å². The number of carbonyl (C=O) groups excluding carboxylic acids is 1. The Labute approximate surface area is 225 Å². The fourth-order valence-corrected chi connectivity index (χ4v) is 4.62. The topological polar surface area (TPSA) is 74.4 Å². The lowest BCUT2D eigenvalue weighted by atomic mass is 9.97. The van der Waals surface area contributed by atoms with Crippen molar-refractivity contribution >= 4 is 52.7 Å². The summed E-state index contributed by atoms with van der Waals surface area (Å²) >= 11 is 6.12. The van der Waals surface area contributed by atoms with E-state index in [-0.39, 0.29) is 40.1 Å². The molecular formula is C25H21Cl2F5N4O2. The van der Waals surface area contributed by atoms with Gasteiger partial charge in [-0.05, 0) is 50.2 Å². The van der Waals surface area contributed by atoms with Gasteiger partial charge in [0.2, 0.25) is 0 Å². The second kappa shape index (κ2) is 9.70. The van der Waals surface area contributed by atoms with Crippen molar-refractivity contribution in [2.45, 2.75) is 38.3 Å². The van der Waals surface area contributed by atoms with Crippen molar-refractivity contribution in [2.75, 3.05) is 21.3 Å². The number of halogens is 7. The third-order valence-electron chi connectivity index (χ3n) is 5.97. The molecule has 5 rings (SSSR count). The molecule has 3 aromatic carbocycles. The molecule has 0 saturated carbocycles. The Morgan fingerprint density at radius 3 is 2.53 bits per heavy atom. The first kappa shape index (κ1) is 27.6. The van der Waals surface area contributed by atoms with Gasteiger partial charge in [-0.1, -0.05) is 17.7 Å². The van der Waals surface area contributed by atoms with E-state index < -0.39 is 41.2 Å². The summed E-state index contributed by atoms with van der Waals surface area (Å²) < 4.78 is 73.4. The number of hydrogen-bond donors (Lipinski definition) is 4. The summed E-state index contributed by atoms with van der Waals surface area (Å²) in [6.07, 6.45) is -5.20. The maximum Gasteiger partial charge on any atom is 0.419 e. The van der Waals surface area contributed by atoms with Crippen LogP contribution in [0.1, 0.15) is 35.3 Å². The van der Waals surface area contributed by atoms with Gasteiger partial charge in [-0.3, -0.25) is 4.79 Å². The fraction of sp³-hybridized carbons (Fsp3) is 0.240. The van der Waals surface area contributed by atoms with Crippen molar-refractivity contribution < 1.29 is 31.5 Å². The molecule has 0 radical (unpaired) electrons. The minimum atomic E-state index is -4.93. The van der Waals surface area contributed by atoms with E-state index in [1.54, 1.807) is 0 Å². The number of rotatable bonds is 4. The predicted octanol–water partition coefficient (Wildman–Crippen LogP) is 7.26. The van der Waals surface area contributed by atoms with Gasteiger partial charge in [0.25, 0.3) is 5.91 Å². The van der Waals surface area contributed by atoms with Crippen LogP contribution in [0.15, 0.2) is 42.5 Å². The fourth-order valence-electron chi connectivity index (χ4n) is 4.40. The van der Waals surface area contributed by atoms with Gasteiger partial charge >= 0.3 is 6.18 Å². The molecule has 0 spiro atoms. The molecule has 202 valence electrons. The lowest BCUT2D eigenvalue weighted by molar-refractivity contribution is -0.139. The Bertz CT molecular complexity index is 1410. The maximum absolute atomic E-state index is 14.3. The first-order valence-electron chi connectivity index (χ1n) is 11.1. The molecule has 0 saturated heterocycles. The van der Waals surface area contributed by atoms with Crippen molar-refractivity contribution in [3.63, 3.8) is 0 Å². The molecule has 0 aliphatic carbocycles. The molecule has 2 aliphatic rings. The number of ether oxygens (including phenoxy) is 1. The minimum absolute atomic E-state index is 0. The Morgan fingerprint density at radius 2 is 1.84 bits per heavy atom. The van der Waals surface area contributed by atoms with Crippen LogP contribution in [-0.2, 0) is 12.6 Å². The molecule has 1 unspecified atom stereocenters. The van der Waals surface area contributed by atoms with E-state index in [1.165, 1.54) is 24.3 Å². The molecule has 0 aromatic heterocycles. The quantitative estimate of drug-likeness (QED) is 0.247. The summed E-state index contributed by atoms with van der Waals surface area (Å²) in [7, 11) is 0. The average Bonchev–Trinajstić information content (AvgIpc) is 3.35. The van der Waals surface area contributed by atoms with E-state index in [0.29, 0.717) is 35.5 Å². The van der Waals surface area contributed by atoms with Gasteiger partial charge in [0.05, 0.1) is 33.2 Å². The molecular weight excluding hydrogens is 554 g/mol. The van der Waals surface area contributed by atoms with Gasteiger partial charge in [-0.15, -0.1) is 12.4 Å². The van der Waals surface area contributed by atoms with Crippen LogP contribution < -0.4 is 26.0 Å². The van der Waals surface area contributed by atoms with E-state index in [1.807, 2.05) is 13.8 Å². The largest absolute Gasteiger partial charge is 0.486 e. The van der Waals surface area contributed by atoms with Gasteiger partial charge in [0.1, 0.15) is 23.0 Å². The second-order valence-electron chi connectivity index (χ2n) is 9.30. The zero-order chi connectivity index (χ0) is 26.7. The first-order chi connectivity index (χ1) is 17.3. The highest BCUT2D eigenvalue weighted by Gasteiger charge is 2.39. The van der Waals surface area contributed by atoms with Crippen LogP contribution in [0.25, 0.3) is 0 Å². The van der Waals surface area contributed by atoms with Crippen LogP contribution in [0.2, 0.25) is 5.02 Å². The smallest absolute Gasteiger partial charge is 0.419 e. The SMILES string of the molecule is CC1(C)Cc2c3c(cc(C(=O)Nc4ccc(F)c(C(F)(F)F)c4)c2O1)NC(Nc1c(F)cccc1Cl)N3.Cl. The highest BCUT2D eigenvalue weighted by atomic mass is 35.5. The molecule has 38 heavy (non-hydrogen) atoms. The van der Waals surface area contributed by atoms with Gasteiger partial charge < -0.3 is 26.0 Å². The van der Waals surface area contributed by atoms with E-state index in [2.05, 4.69) is 21.3 Å². The lowest BCUT2D eigenvalue weighted by Crippen LogP contribution is -2.32. The number of anilines is 4. The second-order valence-corrected chi connectivity index (χ2v) is 9.71. The van der Waals surface area contributed by atoms with Crippen molar-refractivity contribution in [3.8, 4) is 5.75 Å². The number of fused-ring (bicyclic) bond motifs is 3. The van der Waals surface area contributed by atoms with Crippen LogP contribution in [0, 0.1) is 11.6 Å². The van der Waals surface area contributed by atoms with E-state index in [9.17, 15) is 26.7 Å². The third-order valence-corrected chi connectivity index (χ3v) is 6.29. The molecule has 4 N–H and O–H groups in total. The molecule has 13 heteroatoms. The maximum atomic E-state index is 14.3. The summed E-state index contributed by atoms with van der Waals surface area (Å²) in [5.74, 6) is -2.48. The van der Waals surface area contributed by atoms with Crippen LogP contribution in [0.4, 0.5) is 44.7 Å². The summed E-state index contributed by atoms with van der Waals surface area (Å²) in [4.78, 5) is 13.2. The van der Waals surface area contributed by atoms with Crippen molar-refractivity contribution in [1.29, 1.82) is 0 Å². The minimum Gasteiger partial charge on any atom is -0.486 e.